The smallest absolute Gasteiger partial charge is 0.381 e. The van der Waals surface area contributed by atoms with Crippen LogP contribution in [0.4, 0.5) is 19.0 Å². The van der Waals surface area contributed by atoms with E-state index < -0.39 is 36.9 Å². The highest BCUT2D eigenvalue weighted by Gasteiger charge is 2.39. The Morgan fingerprint density at radius 3 is 2.77 bits per heavy atom. The van der Waals surface area contributed by atoms with Gasteiger partial charge in [-0.2, -0.15) is 18.4 Å². The van der Waals surface area contributed by atoms with Crippen LogP contribution in [0.25, 0.3) is 11.3 Å². The van der Waals surface area contributed by atoms with Crippen LogP contribution in [0.2, 0.25) is 0 Å². The Bertz CT molecular complexity index is 1050. The molecule has 2 aromatic rings. The molecule has 3 rings (SSSR count). The van der Waals surface area contributed by atoms with Gasteiger partial charge in [-0.1, -0.05) is 12.1 Å². The third-order valence-electron chi connectivity index (χ3n) is 4.99. The van der Waals surface area contributed by atoms with Crippen LogP contribution >= 0.6 is 0 Å². The van der Waals surface area contributed by atoms with Crippen molar-refractivity contribution in [1.29, 1.82) is 5.26 Å². The zero-order valence-electron chi connectivity index (χ0n) is 16.6. The first-order chi connectivity index (χ1) is 14.6. The molecule has 0 saturated carbocycles. The highest BCUT2D eigenvalue weighted by molar-refractivity contribution is 5.99. The highest BCUT2D eigenvalue weighted by atomic mass is 19.4. The Balaban J connectivity index is 1.90. The van der Waals surface area contributed by atoms with E-state index in [4.69, 9.17) is 11.0 Å². The van der Waals surface area contributed by atoms with E-state index in [0.29, 0.717) is 11.3 Å². The van der Waals surface area contributed by atoms with Gasteiger partial charge in [0.2, 0.25) is 5.91 Å². The summed E-state index contributed by atoms with van der Waals surface area (Å²) >= 11 is 0. The number of anilines is 1. The number of carbonyl (C=O) groups is 2. The fourth-order valence-corrected chi connectivity index (χ4v) is 3.33. The number of nitrogens with zero attached hydrogens (tertiary/aromatic N) is 5. The number of nitriles is 1. The predicted molar refractivity (Wildman–Crippen MR) is 104 cm³/mol. The number of hydrogen-bond acceptors (Lipinski definition) is 6. The lowest BCUT2D eigenvalue weighted by Crippen LogP contribution is -2.57. The molecule has 0 spiro atoms. The van der Waals surface area contributed by atoms with E-state index in [0.717, 1.165) is 0 Å². The quantitative estimate of drug-likeness (QED) is 0.792. The zero-order valence-corrected chi connectivity index (χ0v) is 16.6. The molecule has 2 heterocycles. The summed E-state index contributed by atoms with van der Waals surface area (Å²) in [4.78, 5) is 36.1. The number of halogens is 3. The minimum Gasteiger partial charge on any atom is -0.381 e. The fraction of sp³-hybridized carbons (Fsp3) is 0.350. The van der Waals surface area contributed by atoms with Gasteiger partial charge in [-0.05, 0) is 18.6 Å². The van der Waals surface area contributed by atoms with Crippen LogP contribution in [0, 0.1) is 11.3 Å². The molecular weight excluding hydrogens is 413 g/mol. The van der Waals surface area contributed by atoms with Crippen LogP contribution in [-0.4, -0.2) is 63.9 Å². The molecule has 2 amide bonds. The van der Waals surface area contributed by atoms with Crippen molar-refractivity contribution in [2.75, 3.05) is 25.9 Å². The monoisotopic (exact) mass is 432 g/mol. The molecule has 8 nitrogen and oxygen atoms in total. The molecule has 162 valence electrons. The highest BCUT2D eigenvalue weighted by Crippen LogP contribution is 2.27. The lowest BCUT2D eigenvalue weighted by atomic mass is 10.0. The van der Waals surface area contributed by atoms with Crippen LogP contribution < -0.4 is 5.73 Å². The molecule has 31 heavy (non-hydrogen) atoms. The van der Waals surface area contributed by atoms with E-state index >= 15 is 0 Å². The summed E-state index contributed by atoms with van der Waals surface area (Å²) in [6, 6.07) is 6.86. The van der Waals surface area contributed by atoms with Gasteiger partial charge in [0.15, 0.2) is 11.5 Å². The van der Waals surface area contributed by atoms with Crippen LogP contribution in [0.15, 0.2) is 30.5 Å². The van der Waals surface area contributed by atoms with Crippen molar-refractivity contribution in [1.82, 2.24) is 19.8 Å². The first-order valence-corrected chi connectivity index (χ1v) is 9.36. The van der Waals surface area contributed by atoms with Gasteiger partial charge in [-0.3, -0.25) is 9.59 Å². The number of rotatable bonds is 4. The second kappa shape index (κ2) is 8.59. The van der Waals surface area contributed by atoms with Crippen LogP contribution in [0.1, 0.15) is 28.9 Å². The minimum absolute atomic E-state index is 0.0260. The summed E-state index contributed by atoms with van der Waals surface area (Å²) in [7, 11) is 1.50. The summed E-state index contributed by atoms with van der Waals surface area (Å²) < 4.78 is 38.2. The summed E-state index contributed by atoms with van der Waals surface area (Å²) in [5.74, 6) is -1.11. The van der Waals surface area contributed by atoms with Gasteiger partial charge in [0.05, 0.1) is 11.9 Å². The van der Waals surface area contributed by atoms with Crippen molar-refractivity contribution in [3.8, 4) is 17.3 Å². The summed E-state index contributed by atoms with van der Waals surface area (Å²) in [6.45, 7) is 0.343. The Morgan fingerprint density at radius 1 is 1.35 bits per heavy atom. The molecule has 1 aromatic heterocycles. The molecule has 1 aliphatic rings. The van der Waals surface area contributed by atoms with E-state index in [2.05, 4.69) is 9.97 Å². The SMILES string of the molecule is CN1CCN(C(=O)c2cccc(-c3cnc(N)c(C#N)n3)c2)C(CCC(F)(F)F)C1=O. The first kappa shape index (κ1) is 22.0. The van der Waals surface area contributed by atoms with Crippen molar-refractivity contribution < 1.29 is 22.8 Å². The second-order valence-electron chi connectivity index (χ2n) is 7.11. The molecule has 0 aliphatic carbocycles. The van der Waals surface area contributed by atoms with Crippen LogP contribution in [0.5, 0.6) is 0 Å². The molecule has 1 aliphatic heterocycles. The number of hydrogen-bond donors (Lipinski definition) is 1. The third kappa shape index (κ3) is 4.91. The summed E-state index contributed by atoms with van der Waals surface area (Å²) in [5, 5.41) is 9.08. The van der Waals surface area contributed by atoms with E-state index in [1.165, 1.54) is 35.2 Å². The van der Waals surface area contributed by atoms with Crippen molar-refractivity contribution in [2.45, 2.75) is 25.1 Å². The molecular formula is C20H19F3N6O2. The average Bonchev–Trinajstić information content (AvgIpc) is 2.74. The molecule has 2 N–H and O–H groups in total. The maximum Gasteiger partial charge on any atom is 0.389 e. The molecule has 11 heteroatoms. The number of benzene rings is 1. The molecule has 0 radical (unpaired) electrons. The molecule has 1 unspecified atom stereocenters. The van der Waals surface area contributed by atoms with Crippen molar-refractivity contribution in [2.24, 2.45) is 0 Å². The van der Waals surface area contributed by atoms with E-state index in [-0.39, 0.29) is 30.2 Å². The lowest BCUT2D eigenvalue weighted by Gasteiger charge is -2.39. The topological polar surface area (TPSA) is 116 Å². The third-order valence-corrected chi connectivity index (χ3v) is 4.99. The van der Waals surface area contributed by atoms with Gasteiger partial charge in [0, 0.05) is 37.7 Å². The van der Waals surface area contributed by atoms with Crippen molar-refractivity contribution in [3.63, 3.8) is 0 Å². The Hall–Kier alpha value is -3.68. The average molecular weight is 432 g/mol. The molecule has 1 fully saturated rings. The lowest BCUT2D eigenvalue weighted by molar-refractivity contribution is -0.148. The number of carbonyl (C=O) groups excluding carboxylic acids is 2. The van der Waals surface area contributed by atoms with Gasteiger partial charge in [-0.25, -0.2) is 9.97 Å². The second-order valence-corrected chi connectivity index (χ2v) is 7.11. The Kier molecular flexibility index (Phi) is 6.10. The molecule has 1 aromatic carbocycles. The van der Waals surface area contributed by atoms with E-state index in [9.17, 15) is 22.8 Å². The van der Waals surface area contributed by atoms with Crippen molar-refractivity contribution in [3.05, 3.63) is 41.7 Å². The van der Waals surface area contributed by atoms with E-state index in [1.807, 2.05) is 6.07 Å². The van der Waals surface area contributed by atoms with Crippen LogP contribution in [0.3, 0.4) is 0 Å². The number of nitrogens with two attached hydrogens (primary N) is 1. The number of piperazine rings is 1. The van der Waals surface area contributed by atoms with Gasteiger partial charge in [0.1, 0.15) is 12.1 Å². The standard InChI is InChI=1S/C20H19F3N6O2/c1-28-7-8-29(16(19(28)31)5-6-20(21,22)23)18(30)13-4-2-3-12(9-13)15-11-26-17(25)14(10-24)27-15/h2-4,9,11,16H,5-8H2,1H3,(H2,25,26). The van der Waals surface area contributed by atoms with Gasteiger partial charge in [0.25, 0.3) is 5.91 Å². The minimum atomic E-state index is -4.43. The Labute approximate surface area is 176 Å². The maximum absolute atomic E-state index is 13.1. The molecule has 0 bridgehead atoms. The molecule has 1 atom stereocenters. The van der Waals surface area contributed by atoms with Gasteiger partial charge in [-0.15, -0.1) is 0 Å². The first-order valence-electron chi connectivity index (χ1n) is 9.36. The number of alkyl halides is 3. The van der Waals surface area contributed by atoms with Gasteiger partial charge < -0.3 is 15.5 Å². The largest absolute Gasteiger partial charge is 0.389 e. The van der Waals surface area contributed by atoms with Crippen LogP contribution in [-0.2, 0) is 4.79 Å². The van der Waals surface area contributed by atoms with Gasteiger partial charge >= 0.3 is 6.18 Å². The number of nitrogen functional groups attached to an aromatic ring is 1. The zero-order chi connectivity index (χ0) is 22.8. The van der Waals surface area contributed by atoms with E-state index in [1.54, 1.807) is 12.1 Å². The van der Waals surface area contributed by atoms with Crippen molar-refractivity contribution >= 4 is 17.6 Å². The normalized spacial score (nSPS) is 16.9. The number of aromatic nitrogens is 2. The fourth-order valence-electron chi connectivity index (χ4n) is 3.33. The molecule has 1 saturated heterocycles. The number of likely N-dealkylation sites (N-methyl/N-ethyl adjacent to an activating group) is 1. The predicted octanol–water partition coefficient (Wildman–Crippen LogP) is 2.22. The maximum atomic E-state index is 13.1. The summed E-state index contributed by atoms with van der Waals surface area (Å²) in [6.07, 6.45) is -4.76. The summed E-state index contributed by atoms with van der Waals surface area (Å²) in [5.41, 5.74) is 6.48. The number of amides is 2. The Morgan fingerprint density at radius 2 is 2.10 bits per heavy atom.